The Morgan fingerprint density at radius 2 is 1.85 bits per heavy atom. The second kappa shape index (κ2) is 8.64. The molecule has 0 saturated carbocycles. The van der Waals surface area contributed by atoms with E-state index >= 15 is 0 Å². The first-order valence-corrected chi connectivity index (χ1v) is 10.9. The molecule has 0 radical (unpaired) electrons. The van der Waals surface area contributed by atoms with E-state index in [0.29, 0.717) is 35.1 Å². The minimum absolute atomic E-state index is 0.158. The number of halogens is 2. The molecule has 0 saturated heterocycles. The van der Waals surface area contributed by atoms with Crippen molar-refractivity contribution in [3.8, 4) is 11.3 Å². The van der Waals surface area contributed by atoms with Gasteiger partial charge in [0.15, 0.2) is 0 Å². The second-order valence-corrected chi connectivity index (χ2v) is 8.36. The average Bonchev–Trinajstić information content (AvgIpc) is 2.96. The highest BCUT2D eigenvalue weighted by Crippen LogP contribution is 2.42. The highest BCUT2D eigenvalue weighted by atomic mass is 35.5. The van der Waals surface area contributed by atoms with Crippen molar-refractivity contribution in [1.29, 1.82) is 0 Å². The van der Waals surface area contributed by atoms with Crippen LogP contribution in [0, 0.1) is 5.82 Å². The molecule has 5 nitrogen and oxygen atoms in total. The van der Waals surface area contributed by atoms with Crippen LogP contribution in [0.3, 0.4) is 0 Å². The van der Waals surface area contributed by atoms with Gasteiger partial charge in [-0.15, -0.1) is 0 Å². The Balaban J connectivity index is 1.56. The summed E-state index contributed by atoms with van der Waals surface area (Å²) in [7, 11) is 0. The third-order valence-corrected chi connectivity index (χ3v) is 6.11. The van der Waals surface area contributed by atoms with Crippen LogP contribution in [0.1, 0.15) is 39.4 Å². The lowest BCUT2D eigenvalue weighted by Gasteiger charge is -2.19. The van der Waals surface area contributed by atoms with E-state index in [-0.39, 0.29) is 17.3 Å². The fourth-order valence-electron chi connectivity index (χ4n) is 4.28. The molecule has 164 valence electrons. The van der Waals surface area contributed by atoms with Crippen LogP contribution in [0.4, 0.5) is 16.0 Å². The van der Waals surface area contributed by atoms with Gasteiger partial charge < -0.3 is 10.4 Å². The molecule has 5 rings (SSSR count). The number of carboxylic acids is 1. The van der Waals surface area contributed by atoms with Crippen LogP contribution in [0.5, 0.6) is 0 Å². The summed E-state index contributed by atoms with van der Waals surface area (Å²) < 4.78 is 14.7. The zero-order valence-corrected chi connectivity index (χ0v) is 18.2. The SMILES string of the molecule is O=C(O)c1ccc(Nc2ncc3c(n2)-c2ccc(Cl)cc2C(c2ccccc2F)CC3)cc1. The van der Waals surface area contributed by atoms with Crippen molar-refractivity contribution in [2.45, 2.75) is 18.8 Å². The van der Waals surface area contributed by atoms with E-state index in [9.17, 15) is 9.18 Å². The minimum atomic E-state index is -0.984. The van der Waals surface area contributed by atoms with Gasteiger partial charge in [0.25, 0.3) is 0 Å². The predicted molar refractivity (Wildman–Crippen MR) is 126 cm³/mol. The molecule has 1 aliphatic carbocycles. The highest BCUT2D eigenvalue weighted by molar-refractivity contribution is 6.30. The molecule has 1 aromatic heterocycles. The maximum atomic E-state index is 14.7. The Labute approximate surface area is 194 Å². The third kappa shape index (κ3) is 4.17. The molecule has 1 aliphatic rings. The molecule has 0 aliphatic heterocycles. The first-order valence-electron chi connectivity index (χ1n) is 10.5. The Hall–Kier alpha value is -3.77. The summed E-state index contributed by atoms with van der Waals surface area (Å²) in [5, 5.41) is 12.8. The van der Waals surface area contributed by atoms with E-state index in [1.54, 1.807) is 24.4 Å². The van der Waals surface area contributed by atoms with Crippen LogP contribution in [0.2, 0.25) is 5.02 Å². The van der Waals surface area contributed by atoms with Gasteiger partial charge in [0.2, 0.25) is 5.95 Å². The van der Waals surface area contributed by atoms with Gasteiger partial charge >= 0.3 is 5.97 Å². The van der Waals surface area contributed by atoms with Crippen LogP contribution < -0.4 is 5.32 Å². The molecule has 2 N–H and O–H groups in total. The third-order valence-electron chi connectivity index (χ3n) is 5.88. The topological polar surface area (TPSA) is 75.1 Å². The largest absolute Gasteiger partial charge is 0.478 e. The Morgan fingerprint density at radius 1 is 1.06 bits per heavy atom. The number of aryl methyl sites for hydroxylation is 1. The van der Waals surface area contributed by atoms with Crippen molar-refractivity contribution in [2.75, 3.05) is 5.32 Å². The number of hydrogen-bond donors (Lipinski definition) is 2. The van der Waals surface area contributed by atoms with E-state index in [2.05, 4.69) is 10.3 Å². The van der Waals surface area contributed by atoms with Gasteiger partial charge in [-0.25, -0.2) is 19.2 Å². The normalized spacial score (nSPS) is 14.7. The first kappa shape index (κ1) is 21.1. The molecular formula is C26H19ClFN3O2. The number of nitrogens with one attached hydrogen (secondary N) is 1. The van der Waals surface area contributed by atoms with Crippen LogP contribution in [-0.4, -0.2) is 21.0 Å². The van der Waals surface area contributed by atoms with Crippen molar-refractivity contribution < 1.29 is 14.3 Å². The maximum Gasteiger partial charge on any atom is 0.335 e. The molecule has 7 heteroatoms. The maximum absolute atomic E-state index is 14.7. The lowest BCUT2D eigenvalue weighted by molar-refractivity contribution is 0.0697. The summed E-state index contributed by atoms with van der Waals surface area (Å²) in [6.07, 6.45) is 3.18. The molecule has 1 heterocycles. The number of hydrogen-bond acceptors (Lipinski definition) is 4. The zero-order valence-electron chi connectivity index (χ0n) is 17.4. The van der Waals surface area contributed by atoms with E-state index in [1.165, 1.54) is 18.2 Å². The summed E-state index contributed by atoms with van der Waals surface area (Å²) >= 11 is 6.34. The van der Waals surface area contributed by atoms with Gasteiger partial charge in [-0.1, -0.05) is 35.9 Å². The number of anilines is 2. The number of carbonyl (C=O) groups is 1. The molecule has 3 aromatic carbocycles. The molecule has 4 aromatic rings. The van der Waals surface area contributed by atoms with Crippen LogP contribution >= 0.6 is 11.6 Å². The van der Waals surface area contributed by atoms with Gasteiger partial charge in [0, 0.05) is 28.4 Å². The van der Waals surface area contributed by atoms with Crippen molar-refractivity contribution in [3.05, 3.63) is 106 Å². The van der Waals surface area contributed by atoms with Gasteiger partial charge in [-0.2, -0.15) is 0 Å². The van der Waals surface area contributed by atoms with E-state index < -0.39 is 5.97 Å². The molecule has 1 atom stereocenters. The predicted octanol–water partition coefficient (Wildman–Crippen LogP) is 6.46. The summed E-state index contributed by atoms with van der Waals surface area (Å²) in [5.41, 5.74) is 5.10. The number of aromatic nitrogens is 2. The van der Waals surface area contributed by atoms with Crippen LogP contribution in [-0.2, 0) is 6.42 Å². The number of fused-ring (bicyclic) bond motifs is 3. The zero-order chi connectivity index (χ0) is 22.9. The van der Waals surface area contributed by atoms with E-state index in [0.717, 1.165) is 22.4 Å². The highest BCUT2D eigenvalue weighted by Gasteiger charge is 2.27. The standard InChI is InChI=1S/C26H19ClFN3O2/c27-17-8-12-21-22(13-17)19(20-3-1-2-4-23(20)28)11-7-16-14-29-26(31-24(16)21)30-18-9-5-15(6-10-18)25(32)33/h1-6,8-10,12-14,19H,7,11H2,(H,32,33)(H,29,30,31). The number of rotatable bonds is 4. The van der Waals surface area contributed by atoms with Gasteiger partial charge in [0.1, 0.15) is 5.82 Å². The van der Waals surface area contributed by atoms with Crippen molar-refractivity contribution in [3.63, 3.8) is 0 Å². The lowest BCUT2D eigenvalue weighted by Crippen LogP contribution is -2.04. The summed E-state index contributed by atoms with van der Waals surface area (Å²) in [5.74, 6) is -0.990. The molecule has 0 fully saturated rings. The Morgan fingerprint density at radius 3 is 2.61 bits per heavy atom. The summed E-state index contributed by atoms with van der Waals surface area (Å²) in [6, 6.07) is 18.8. The number of nitrogens with zero attached hydrogens (tertiary/aromatic N) is 2. The van der Waals surface area contributed by atoms with Gasteiger partial charge in [0.05, 0.1) is 11.3 Å². The van der Waals surface area contributed by atoms with Crippen molar-refractivity contribution in [2.24, 2.45) is 0 Å². The van der Waals surface area contributed by atoms with Gasteiger partial charge in [-0.3, -0.25) is 0 Å². The number of carboxylic acid groups (broad SMARTS) is 1. The fourth-order valence-corrected chi connectivity index (χ4v) is 4.46. The minimum Gasteiger partial charge on any atom is -0.478 e. The summed E-state index contributed by atoms with van der Waals surface area (Å²) in [6.45, 7) is 0. The van der Waals surface area contributed by atoms with Crippen molar-refractivity contribution >= 4 is 29.2 Å². The molecule has 0 spiro atoms. The van der Waals surface area contributed by atoms with Gasteiger partial charge in [-0.05, 0) is 72.0 Å². The Bertz CT molecular complexity index is 1360. The fraction of sp³-hybridized carbons (Fsp3) is 0.115. The lowest BCUT2D eigenvalue weighted by atomic mass is 9.86. The smallest absolute Gasteiger partial charge is 0.335 e. The van der Waals surface area contributed by atoms with Crippen molar-refractivity contribution in [1.82, 2.24) is 9.97 Å². The molecule has 1 unspecified atom stereocenters. The molecular weight excluding hydrogens is 441 g/mol. The molecule has 0 amide bonds. The average molecular weight is 460 g/mol. The van der Waals surface area contributed by atoms with Crippen LogP contribution in [0.25, 0.3) is 11.3 Å². The van der Waals surface area contributed by atoms with Crippen LogP contribution in [0.15, 0.2) is 72.9 Å². The first-order chi connectivity index (χ1) is 16.0. The summed E-state index contributed by atoms with van der Waals surface area (Å²) in [4.78, 5) is 20.3. The quantitative estimate of drug-likeness (QED) is 0.366. The molecule has 33 heavy (non-hydrogen) atoms. The number of aromatic carboxylic acids is 1. The second-order valence-electron chi connectivity index (χ2n) is 7.92. The number of benzene rings is 3. The van der Waals surface area contributed by atoms with E-state index in [4.69, 9.17) is 21.7 Å². The van der Waals surface area contributed by atoms with E-state index in [1.807, 2.05) is 30.3 Å². The molecule has 0 bridgehead atoms. The Kier molecular flexibility index (Phi) is 5.52. The monoisotopic (exact) mass is 459 g/mol.